The van der Waals surface area contributed by atoms with Crippen LogP contribution in [0.5, 0.6) is 0 Å². The fraction of sp³-hybridized carbons (Fsp3) is 0.444. The molecule has 0 saturated carbocycles. The molecule has 1 N–H and O–H groups in total. The van der Waals surface area contributed by atoms with Gasteiger partial charge in [-0.1, -0.05) is 31.2 Å². The summed E-state index contributed by atoms with van der Waals surface area (Å²) in [5, 5.41) is 8.13. The van der Waals surface area contributed by atoms with E-state index in [0.29, 0.717) is 0 Å². The molecule has 0 aliphatic heterocycles. The third kappa shape index (κ3) is 2.68. The molecule has 1 nitrogen and oxygen atoms in total. The standard InChI is InChI=1S/C18H23NS/c1-2-19-14-18(12-15-9-11-20-13-15)10-5-7-16-6-3-4-8-17(16)18/h3-4,6,8-9,11,13,19H,2,5,7,10,12,14H2,1H3. The van der Waals surface area contributed by atoms with Crippen LogP contribution in [0.3, 0.4) is 0 Å². The number of likely N-dealkylation sites (N-methyl/N-ethyl adjacent to an activating group) is 1. The van der Waals surface area contributed by atoms with Crippen molar-refractivity contribution in [2.45, 2.75) is 38.0 Å². The maximum absolute atomic E-state index is 3.62. The van der Waals surface area contributed by atoms with Gasteiger partial charge in [-0.3, -0.25) is 0 Å². The lowest BCUT2D eigenvalue weighted by molar-refractivity contribution is 0.339. The molecular weight excluding hydrogens is 262 g/mol. The Kier molecular flexibility index (Phi) is 4.23. The molecule has 0 bridgehead atoms. The zero-order valence-corrected chi connectivity index (χ0v) is 13.0. The second-order valence-electron chi connectivity index (χ2n) is 5.88. The molecule has 0 spiro atoms. The fourth-order valence-electron chi connectivity index (χ4n) is 3.59. The second kappa shape index (κ2) is 6.11. The van der Waals surface area contributed by atoms with Gasteiger partial charge in [0.05, 0.1) is 0 Å². The van der Waals surface area contributed by atoms with E-state index in [-0.39, 0.29) is 5.41 Å². The smallest absolute Gasteiger partial charge is 0.0121 e. The number of nitrogens with one attached hydrogen (secondary N) is 1. The molecule has 1 heterocycles. The first-order valence-electron chi connectivity index (χ1n) is 7.64. The van der Waals surface area contributed by atoms with Crippen LogP contribution < -0.4 is 5.32 Å². The fourth-order valence-corrected chi connectivity index (χ4v) is 4.25. The van der Waals surface area contributed by atoms with Crippen LogP contribution in [0.2, 0.25) is 0 Å². The lowest BCUT2D eigenvalue weighted by Gasteiger charge is -2.39. The highest BCUT2D eigenvalue weighted by molar-refractivity contribution is 7.07. The van der Waals surface area contributed by atoms with Crippen LogP contribution in [0.4, 0.5) is 0 Å². The number of hydrogen-bond donors (Lipinski definition) is 1. The molecular formula is C18H23NS. The van der Waals surface area contributed by atoms with Gasteiger partial charge in [-0.2, -0.15) is 11.3 Å². The van der Waals surface area contributed by atoms with Gasteiger partial charge in [0.25, 0.3) is 0 Å². The molecule has 0 saturated heterocycles. The summed E-state index contributed by atoms with van der Waals surface area (Å²) in [6.07, 6.45) is 5.02. The van der Waals surface area contributed by atoms with Gasteiger partial charge in [0, 0.05) is 12.0 Å². The van der Waals surface area contributed by atoms with Crippen LogP contribution in [0.25, 0.3) is 0 Å². The Balaban J connectivity index is 1.98. The van der Waals surface area contributed by atoms with Crippen molar-refractivity contribution in [1.29, 1.82) is 0 Å². The van der Waals surface area contributed by atoms with Crippen molar-refractivity contribution in [2.75, 3.05) is 13.1 Å². The van der Waals surface area contributed by atoms with Gasteiger partial charge in [-0.25, -0.2) is 0 Å². The molecule has 0 fully saturated rings. The Hall–Kier alpha value is -1.12. The summed E-state index contributed by atoms with van der Waals surface area (Å²) in [5.74, 6) is 0. The number of rotatable bonds is 5. The monoisotopic (exact) mass is 285 g/mol. The first-order valence-corrected chi connectivity index (χ1v) is 8.58. The summed E-state index contributed by atoms with van der Waals surface area (Å²) in [6, 6.07) is 11.4. The van der Waals surface area contributed by atoms with Crippen molar-refractivity contribution in [2.24, 2.45) is 0 Å². The third-order valence-electron chi connectivity index (χ3n) is 4.53. The molecule has 106 valence electrons. The molecule has 1 aliphatic rings. The van der Waals surface area contributed by atoms with Crippen molar-refractivity contribution >= 4 is 11.3 Å². The summed E-state index contributed by atoms with van der Waals surface area (Å²) in [5.41, 5.74) is 4.92. The van der Waals surface area contributed by atoms with E-state index in [2.05, 4.69) is 53.3 Å². The maximum atomic E-state index is 3.62. The summed E-state index contributed by atoms with van der Waals surface area (Å²) in [4.78, 5) is 0. The average Bonchev–Trinajstić information content (AvgIpc) is 2.98. The molecule has 20 heavy (non-hydrogen) atoms. The van der Waals surface area contributed by atoms with E-state index in [1.165, 1.54) is 31.2 Å². The molecule has 2 aromatic rings. The lowest BCUT2D eigenvalue weighted by Crippen LogP contribution is -2.42. The van der Waals surface area contributed by atoms with E-state index >= 15 is 0 Å². The van der Waals surface area contributed by atoms with Gasteiger partial charge < -0.3 is 5.32 Å². The zero-order chi connectivity index (χ0) is 13.8. The van der Waals surface area contributed by atoms with Crippen molar-refractivity contribution in [1.82, 2.24) is 5.32 Å². The molecule has 0 amide bonds. The number of benzene rings is 1. The molecule has 1 aromatic heterocycles. The predicted octanol–water partition coefficient (Wildman–Crippen LogP) is 4.17. The lowest BCUT2D eigenvalue weighted by atomic mass is 9.67. The quantitative estimate of drug-likeness (QED) is 0.869. The minimum atomic E-state index is 0.284. The van der Waals surface area contributed by atoms with E-state index in [1.807, 2.05) is 11.3 Å². The van der Waals surface area contributed by atoms with Crippen LogP contribution in [0, 0.1) is 0 Å². The first kappa shape index (κ1) is 13.8. The normalized spacial score (nSPS) is 21.6. The Morgan fingerprint density at radius 3 is 2.95 bits per heavy atom. The highest BCUT2D eigenvalue weighted by Crippen LogP contribution is 2.40. The van der Waals surface area contributed by atoms with E-state index in [0.717, 1.165) is 13.1 Å². The Morgan fingerprint density at radius 2 is 2.15 bits per heavy atom. The van der Waals surface area contributed by atoms with Crippen molar-refractivity contribution in [3.63, 3.8) is 0 Å². The van der Waals surface area contributed by atoms with E-state index in [9.17, 15) is 0 Å². The Morgan fingerprint density at radius 1 is 1.25 bits per heavy atom. The van der Waals surface area contributed by atoms with Gasteiger partial charge in [-0.15, -0.1) is 0 Å². The van der Waals surface area contributed by atoms with E-state index < -0.39 is 0 Å². The topological polar surface area (TPSA) is 12.0 Å². The van der Waals surface area contributed by atoms with E-state index in [1.54, 1.807) is 11.1 Å². The number of aryl methyl sites for hydroxylation is 1. The third-order valence-corrected chi connectivity index (χ3v) is 5.26. The van der Waals surface area contributed by atoms with E-state index in [4.69, 9.17) is 0 Å². The average molecular weight is 285 g/mol. The van der Waals surface area contributed by atoms with Gasteiger partial charge in [0.15, 0.2) is 0 Å². The summed E-state index contributed by atoms with van der Waals surface area (Å²) in [7, 11) is 0. The molecule has 0 radical (unpaired) electrons. The Bertz CT molecular complexity index is 546. The van der Waals surface area contributed by atoms with Crippen molar-refractivity contribution in [3.05, 3.63) is 57.8 Å². The summed E-state index contributed by atoms with van der Waals surface area (Å²) in [6.45, 7) is 4.34. The van der Waals surface area contributed by atoms with Gasteiger partial charge in [0.2, 0.25) is 0 Å². The largest absolute Gasteiger partial charge is 0.316 e. The van der Waals surface area contributed by atoms with Crippen LogP contribution in [0.15, 0.2) is 41.1 Å². The zero-order valence-electron chi connectivity index (χ0n) is 12.2. The van der Waals surface area contributed by atoms with Crippen molar-refractivity contribution in [3.8, 4) is 0 Å². The van der Waals surface area contributed by atoms with Crippen molar-refractivity contribution < 1.29 is 0 Å². The first-order chi connectivity index (χ1) is 9.84. The highest BCUT2D eigenvalue weighted by Gasteiger charge is 2.36. The number of hydrogen-bond acceptors (Lipinski definition) is 2. The number of thiophene rings is 1. The maximum Gasteiger partial charge on any atom is 0.0121 e. The summed E-state index contributed by atoms with van der Waals surface area (Å²) >= 11 is 1.81. The SMILES string of the molecule is CCNCC1(Cc2ccsc2)CCCc2ccccc21. The van der Waals surface area contributed by atoms with Crippen LogP contribution in [0.1, 0.15) is 36.5 Å². The van der Waals surface area contributed by atoms with Crippen LogP contribution in [-0.4, -0.2) is 13.1 Å². The molecule has 1 atom stereocenters. The Labute approximate surface area is 126 Å². The minimum Gasteiger partial charge on any atom is -0.316 e. The van der Waals surface area contributed by atoms with Gasteiger partial charge >= 0.3 is 0 Å². The van der Waals surface area contributed by atoms with Gasteiger partial charge in [0.1, 0.15) is 0 Å². The molecule has 1 aliphatic carbocycles. The highest BCUT2D eigenvalue weighted by atomic mass is 32.1. The number of fused-ring (bicyclic) bond motifs is 1. The van der Waals surface area contributed by atoms with Crippen LogP contribution >= 0.6 is 11.3 Å². The molecule has 1 aromatic carbocycles. The van der Waals surface area contributed by atoms with Gasteiger partial charge in [-0.05, 0) is 65.7 Å². The second-order valence-corrected chi connectivity index (χ2v) is 6.66. The minimum absolute atomic E-state index is 0.284. The molecule has 1 unspecified atom stereocenters. The molecule has 3 rings (SSSR count). The molecule has 2 heteroatoms. The van der Waals surface area contributed by atoms with Crippen LogP contribution in [-0.2, 0) is 18.3 Å². The summed E-state index contributed by atoms with van der Waals surface area (Å²) < 4.78 is 0. The predicted molar refractivity (Wildman–Crippen MR) is 87.6 cm³/mol.